The molecule has 2 aromatic rings. The van der Waals surface area contributed by atoms with Crippen LogP contribution in [-0.4, -0.2) is 18.2 Å². The Morgan fingerprint density at radius 2 is 2.21 bits per heavy atom. The van der Waals surface area contributed by atoms with Crippen molar-refractivity contribution in [1.29, 1.82) is 0 Å². The Kier molecular flexibility index (Phi) is 3.31. The quantitative estimate of drug-likeness (QED) is 0.912. The van der Waals surface area contributed by atoms with Crippen LogP contribution in [0.4, 0.5) is 0 Å². The van der Waals surface area contributed by atoms with Crippen molar-refractivity contribution < 1.29 is 4.74 Å². The second-order valence-corrected chi connectivity index (χ2v) is 6.01. The molecule has 1 saturated heterocycles. The van der Waals surface area contributed by atoms with Crippen LogP contribution in [0.3, 0.4) is 0 Å². The second kappa shape index (κ2) is 4.84. The summed E-state index contributed by atoms with van der Waals surface area (Å²) in [4.78, 5) is 0. The van der Waals surface area contributed by atoms with E-state index in [1.54, 1.807) is 7.11 Å². The van der Waals surface area contributed by atoms with E-state index in [0.717, 1.165) is 12.3 Å². The van der Waals surface area contributed by atoms with E-state index in [2.05, 4.69) is 51.9 Å². The van der Waals surface area contributed by atoms with Gasteiger partial charge in [0.2, 0.25) is 0 Å². The highest BCUT2D eigenvalue weighted by Gasteiger charge is 2.26. The zero-order chi connectivity index (χ0) is 13.6. The van der Waals surface area contributed by atoms with Crippen LogP contribution in [0.5, 0.6) is 5.75 Å². The molecule has 1 atom stereocenters. The molecule has 0 bridgehead atoms. The summed E-state index contributed by atoms with van der Waals surface area (Å²) < 4.78 is 9.01. The zero-order valence-electron chi connectivity index (χ0n) is 11.6. The molecule has 1 N–H and O–H groups in total. The van der Waals surface area contributed by atoms with E-state index in [0.29, 0.717) is 6.04 Å². The van der Waals surface area contributed by atoms with E-state index >= 15 is 0 Å². The third-order valence-electron chi connectivity index (χ3n) is 4.10. The summed E-state index contributed by atoms with van der Waals surface area (Å²) in [6, 6.07) is 4.61. The fourth-order valence-corrected chi connectivity index (χ4v) is 4.19. The number of benzene rings is 1. The molecule has 0 saturated carbocycles. The molecule has 1 fully saturated rings. The van der Waals surface area contributed by atoms with Crippen LogP contribution in [0.15, 0.2) is 16.6 Å². The molecule has 1 aliphatic rings. The molecular formula is C15H19BrN2O. The van der Waals surface area contributed by atoms with Crippen molar-refractivity contribution in [2.45, 2.75) is 25.8 Å². The molecule has 0 aliphatic carbocycles. The summed E-state index contributed by atoms with van der Waals surface area (Å²) in [7, 11) is 3.86. The van der Waals surface area contributed by atoms with E-state index < -0.39 is 0 Å². The number of nitrogens with zero attached hydrogens (tertiary/aromatic N) is 1. The highest BCUT2D eigenvalue weighted by molar-refractivity contribution is 9.10. The summed E-state index contributed by atoms with van der Waals surface area (Å²) in [5.41, 5.74) is 3.79. The van der Waals surface area contributed by atoms with Crippen molar-refractivity contribution in [3.63, 3.8) is 0 Å². The minimum absolute atomic E-state index is 0.441. The number of aromatic nitrogens is 1. The first-order valence-corrected chi connectivity index (χ1v) is 7.49. The molecule has 1 unspecified atom stereocenters. The molecule has 0 amide bonds. The first-order valence-electron chi connectivity index (χ1n) is 6.70. The minimum atomic E-state index is 0.441. The smallest absolute Gasteiger partial charge is 0.143 e. The average molecular weight is 323 g/mol. The normalized spacial score (nSPS) is 19.3. The van der Waals surface area contributed by atoms with Crippen molar-refractivity contribution in [2.75, 3.05) is 13.7 Å². The van der Waals surface area contributed by atoms with Crippen LogP contribution < -0.4 is 10.1 Å². The van der Waals surface area contributed by atoms with E-state index in [-0.39, 0.29) is 0 Å². The molecule has 0 radical (unpaired) electrons. The highest BCUT2D eigenvalue weighted by atomic mass is 79.9. The molecule has 1 aromatic carbocycles. The van der Waals surface area contributed by atoms with Gasteiger partial charge in [-0.15, -0.1) is 0 Å². The lowest BCUT2D eigenvalue weighted by atomic mass is 10.1. The number of nitrogens with one attached hydrogen (secondary N) is 1. The van der Waals surface area contributed by atoms with Gasteiger partial charge in [0, 0.05) is 28.6 Å². The first kappa shape index (κ1) is 13.0. The summed E-state index contributed by atoms with van der Waals surface area (Å²) in [6.45, 7) is 3.26. The highest BCUT2D eigenvalue weighted by Crippen LogP contribution is 2.41. The van der Waals surface area contributed by atoms with Crippen molar-refractivity contribution >= 4 is 26.8 Å². The Morgan fingerprint density at radius 1 is 1.42 bits per heavy atom. The topological polar surface area (TPSA) is 26.2 Å². The lowest BCUT2D eigenvalue weighted by Crippen LogP contribution is -2.16. The van der Waals surface area contributed by atoms with Crippen molar-refractivity contribution in [1.82, 2.24) is 9.88 Å². The maximum Gasteiger partial charge on any atom is 0.143 e. The fraction of sp³-hybridized carbons (Fsp3) is 0.467. The number of methoxy groups -OCH3 is 1. The predicted molar refractivity (Wildman–Crippen MR) is 81.9 cm³/mol. The van der Waals surface area contributed by atoms with Gasteiger partial charge in [-0.3, -0.25) is 0 Å². The van der Waals surface area contributed by atoms with Crippen LogP contribution in [0, 0.1) is 6.92 Å². The molecular weight excluding hydrogens is 304 g/mol. The number of hydrogen-bond acceptors (Lipinski definition) is 2. The Labute approximate surface area is 122 Å². The molecule has 3 nitrogen and oxygen atoms in total. The third-order valence-corrected chi connectivity index (χ3v) is 4.90. The van der Waals surface area contributed by atoms with Crippen molar-refractivity contribution in [3.8, 4) is 5.75 Å². The Morgan fingerprint density at radius 3 is 2.84 bits per heavy atom. The van der Waals surface area contributed by atoms with E-state index in [9.17, 15) is 0 Å². The minimum Gasteiger partial charge on any atom is -0.495 e. The van der Waals surface area contributed by atoms with Gasteiger partial charge in [-0.1, -0.05) is 6.07 Å². The van der Waals surface area contributed by atoms with Gasteiger partial charge in [0.15, 0.2) is 0 Å². The molecule has 4 heteroatoms. The van der Waals surface area contributed by atoms with Crippen molar-refractivity contribution in [2.24, 2.45) is 7.05 Å². The Bertz CT molecular complexity index is 627. The van der Waals surface area contributed by atoms with Crippen molar-refractivity contribution in [3.05, 3.63) is 27.9 Å². The lowest BCUT2D eigenvalue weighted by Gasteiger charge is -2.13. The summed E-state index contributed by atoms with van der Waals surface area (Å²) in [6.07, 6.45) is 2.44. The lowest BCUT2D eigenvalue weighted by molar-refractivity contribution is 0.417. The number of hydrogen-bond donors (Lipinski definition) is 1. The monoisotopic (exact) mass is 322 g/mol. The van der Waals surface area contributed by atoms with Gasteiger partial charge >= 0.3 is 0 Å². The Hall–Kier alpha value is -1.00. The van der Waals surface area contributed by atoms with Crippen LogP contribution in [-0.2, 0) is 7.05 Å². The number of fused-ring (bicyclic) bond motifs is 1. The molecule has 0 spiro atoms. The Balaban J connectivity index is 2.32. The van der Waals surface area contributed by atoms with E-state index in [1.165, 1.54) is 39.5 Å². The fourth-order valence-electron chi connectivity index (χ4n) is 3.15. The van der Waals surface area contributed by atoms with Gasteiger partial charge in [0.25, 0.3) is 0 Å². The molecule has 1 aliphatic heterocycles. The molecule has 102 valence electrons. The number of aryl methyl sites for hydroxylation is 2. The van der Waals surface area contributed by atoms with Gasteiger partial charge < -0.3 is 14.6 Å². The van der Waals surface area contributed by atoms with Crippen LogP contribution >= 0.6 is 15.9 Å². The summed E-state index contributed by atoms with van der Waals surface area (Å²) in [5, 5.41) is 4.85. The molecule has 3 rings (SSSR count). The summed E-state index contributed by atoms with van der Waals surface area (Å²) in [5.74, 6) is 0.938. The van der Waals surface area contributed by atoms with Gasteiger partial charge in [0.05, 0.1) is 12.6 Å². The SMILES string of the molecule is COc1ccc(C)c2c(Br)c(C3CCCN3)n(C)c12. The maximum absolute atomic E-state index is 5.53. The van der Waals surface area contributed by atoms with E-state index in [1.807, 2.05) is 0 Å². The van der Waals surface area contributed by atoms with Gasteiger partial charge in [-0.05, 0) is 53.9 Å². The first-order chi connectivity index (χ1) is 9.15. The number of halogens is 1. The largest absolute Gasteiger partial charge is 0.495 e. The van der Waals surface area contributed by atoms with Gasteiger partial charge in [-0.25, -0.2) is 0 Å². The number of ether oxygens (including phenoxy) is 1. The predicted octanol–water partition coefficient (Wildman–Crippen LogP) is 3.68. The summed E-state index contributed by atoms with van der Waals surface area (Å²) >= 11 is 3.81. The molecule has 19 heavy (non-hydrogen) atoms. The number of rotatable bonds is 2. The van der Waals surface area contributed by atoms with E-state index in [4.69, 9.17) is 4.74 Å². The van der Waals surface area contributed by atoms with Crippen LogP contribution in [0.25, 0.3) is 10.9 Å². The van der Waals surface area contributed by atoms with Crippen LogP contribution in [0.2, 0.25) is 0 Å². The van der Waals surface area contributed by atoms with Gasteiger partial charge in [-0.2, -0.15) is 0 Å². The maximum atomic E-state index is 5.53. The second-order valence-electron chi connectivity index (χ2n) is 5.22. The van der Waals surface area contributed by atoms with Gasteiger partial charge in [0.1, 0.15) is 5.75 Å². The average Bonchev–Trinajstić information content (AvgIpc) is 2.99. The molecule has 2 heterocycles. The zero-order valence-corrected chi connectivity index (χ0v) is 13.2. The third kappa shape index (κ3) is 1.89. The standard InChI is InChI=1S/C15H19BrN2O/c1-9-6-7-11(19-3)15-12(9)13(16)14(18(15)2)10-5-4-8-17-10/h6-7,10,17H,4-5,8H2,1-3H3. The van der Waals surface area contributed by atoms with Crippen LogP contribution in [0.1, 0.15) is 30.1 Å². The molecule has 1 aromatic heterocycles.